The molecule has 1 aromatic heterocycles. The summed E-state index contributed by atoms with van der Waals surface area (Å²) < 4.78 is 11.8. The van der Waals surface area contributed by atoms with Crippen molar-refractivity contribution in [3.8, 4) is 11.5 Å². The van der Waals surface area contributed by atoms with Gasteiger partial charge in [0.05, 0.1) is 41.0 Å². The zero-order valence-electron chi connectivity index (χ0n) is 17.0. The third-order valence-corrected chi connectivity index (χ3v) is 4.93. The van der Waals surface area contributed by atoms with Crippen LogP contribution in [0, 0.1) is 10.1 Å². The summed E-state index contributed by atoms with van der Waals surface area (Å²) in [6.45, 7) is 4.06. The number of amides is 1. The lowest BCUT2D eigenvalue weighted by atomic mass is 10.1. The number of hydrogen-bond acceptors (Lipinski definition) is 9. The lowest BCUT2D eigenvalue weighted by Crippen LogP contribution is -2.19. The third-order valence-electron chi connectivity index (χ3n) is 4.08. The Bertz CT molecular complexity index is 1140. The second kappa shape index (κ2) is 9.85. The van der Waals surface area contributed by atoms with E-state index in [0.717, 1.165) is 15.8 Å². The van der Waals surface area contributed by atoms with Gasteiger partial charge in [-0.25, -0.2) is 10.4 Å². The van der Waals surface area contributed by atoms with Gasteiger partial charge in [0.2, 0.25) is 11.7 Å². The lowest BCUT2D eigenvalue weighted by Gasteiger charge is -2.11. The summed E-state index contributed by atoms with van der Waals surface area (Å²) in [5.41, 5.74) is 9.85. The van der Waals surface area contributed by atoms with Crippen LogP contribution in [0.5, 0.6) is 11.5 Å². The molecule has 11 heteroatoms. The van der Waals surface area contributed by atoms with Crippen molar-refractivity contribution in [2.45, 2.75) is 20.3 Å². The van der Waals surface area contributed by atoms with E-state index in [-0.39, 0.29) is 36.1 Å². The Balaban J connectivity index is 1.72. The molecule has 0 bridgehead atoms. The fourth-order valence-corrected chi connectivity index (χ4v) is 3.67. The number of nitrogens with one attached hydrogen (secondary N) is 1. The fourth-order valence-electron chi connectivity index (χ4n) is 2.87. The van der Waals surface area contributed by atoms with E-state index in [2.05, 4.69) is 15.5 Å². The molecular weight excluding hydrogens is 422 g/mol. The zero-order chi connectivity index (χ0) is 22.4. The Labute approximate surface area is 181 Å². The third kappa shape index (κ3) is 5.45. The van der Waals surface area contributed by atoms with E-state index in [4.69, 9.17) is 15.2 Å². The maximum Gasteiger partial charge on any atom is 0.315 e. The van der Waals surface area contributed by atoms with Gasteiger partial charge in [0, 0.05) is 11.6 Å². The lowest BCUT2D eigenvalue weighted by molar-refractivity contribution is -0.385. The minimum Gasteiger partial charge on any atom is -0.490 e. The molecular formula is C20H21N5O5S. The highest BCUT2D eigenvalue weighted by Crippen LogP contribution is 2.38. The summed E-state index contributed by atoms with van der Waals surface area (Å²) >= 11 is 1.35. The second-order valence-corrected chi connectivity index (χ2v) is 7.38. The van der Waals surface area contributed by atoms with E-state index in [1.54, 1.807) is 26.0 Å². The van der Waals surface area contributed by atoms with Crippen LogP contribution >= 0.6 is 11.3 Å². The molecule has 10 nitrogen and oxygen atoms in total. The van der Waals surface area contributed by atoms with Crippen LogP contribution in [0.1, 0.15) is 25.0 Å². The van der Waals surface area contributed by atoms with Gasteiger partial charge in [-0.2, -0.15) is 5.10 Å². The van der Waals surface area contributed by atoms with Crippen LogP contribution < -0.4 is 20.6 Å². The number of aromatic nitrogens is 1. The smallest absolute Gasteiger partial charge is 0.315 e. The fraction of sp³-hybridized carbons (Fsp3) is 0.250. The largest absolute Gasteiger partial charge is 0.490 e. The number of hydrogen-bond donors (Lipinski definition) is 2. The number of nitrogens with two attached hydrogens (primary N) is 1. The highest BCUT2D eigenvalue weighted by molar-refractivity contribution is 7.22. The first-order valence-electron chi connectivity index (χ1n) is 9.46. The summed E-state index contributed by atoms with van der Waals surface area (Å²) in [7, 11) is 0. The molecule has 0 radical (unpaired) electrons. The van der Waals surface area contributed by atoms with Crippen molar-refractivity contribution in [2.75, 3.05) is 18.9 Å². The average molecular weight is 443 g/mol. The Morgan fingerprint density at radius 1 is 1.29 bits per heavy atom. The SMILES string of the molecule is CCOc1cc(/C=N\NC(=O)Cc2ccc3nc(N)sc3c2)cc([N+](=O)[O-])c1OCC. The van der Waals surface area contributed by atoms with E-state index in [1.165, 1.54) is 23.6 Å². The van der Waals surface area contributed by atoms with Gasteiger partial charge >= 0.3 is 5.69 Å². The molecule has 3 N–H and O–H groups in total. The Kier molecular flexibility index (Phi) is 6.98. The highest BCUT2D eigenvalue weighted by atomic mass is 32.1. The van der Waals surface area contributed by atoms with E-state index < -0.39 is 4.92 Å². The predicted octanol–water partition coefficient (Wildman–Crippen LogP) is 3.28. The molecule has 1 amide bonds. The number of nitro groups is 1. The average Bonchev–Trinajstić information content (AvgIpc) is 3.09. The first-order chi connectivity index (χ1) is 14.9. The van der Waals surface area contributed by atoms with Gasteiger partial charge in [0.1, 0.15) is 0 Å². The van der Waals surface area contributed by atoms with Crippen LogP contribution in [0.15, 0.2) is 35.4 Å². The number of fused-ring (bicyclic) bond motifs is 1. The van der Waals surface area contributed by atoms with Crippen molar-refractivity contribution < 1.29 is 19.2 Å². The van der Waals surface area contributed by atoms with Gasteiger partial charge in [-0.1, -0.05) is 17.4 Å². The minimum atomic E-state index is -0.550. The molecule has 0 saturated carbocycles. The maximum atomic E-state index is 12.2. The van der Waals surface area contributed by atoms with E-state index in [0.29, 0.717) is 17.3 Å². The number of hydrazone groups is 1. The van der Waals surface area contributed by atoms with E-state index in [9.17, 15) is 14.9 Å². The normalized spacial score (nSPS) is 11.0. The molecule has 3 aromatic rings. The summed E-state index contributed by atoms with van der Waals surface area (Å²) in [5, 5.41) is 15.8. The zero-order valence-corrected chi connectivity index (χ0v) is 17.8. The molecule has 0 aliphatic heterocycles. The van der Waals surface area contributed by atoms with Crippen molar-refractivity contribution in [2.24, 2.45) is 5.10 Å². The van der Waals surface area contributed by atoms with Gasteiger partial charge in [-0.15, -0.1) is 0 Å². The monoisotopic (exact) mass is 443 g/mol. The molecule has 31 heavy (non-hydrogen) atoms. The Hall–Kier alpha value is -3.73. The van der Waals surface area contributed by atoms with Gasteiger partial charge in [-0.3, -0.25) is 14.9 Å². The van der Waals surface area contributed by atoms with Gasteiger partial charge in [0.25, 0.3) is 0 Å². The number of thiazole rings is 1. The van der Waals surface area contributed by atoms with Crippen LogP contribution in [0.2, 0.25) is 0 Å². The minimum absolute atomic E-state index is 0.0645. The highest BCUT2D eigenvalue weighted by Gasteiger charge is 2.22. The standard InChI is InChI=1S/C20H21N5O5S/c1-3-29-16-8-13(7-15(25(27)28)19(16)30-4-2)11-22-24-18(26)10-12-5-6-14-17(9-12)31-20(21)23-14/h5-9,11H,3-4,10H2,1-2H3,(H2,21,23)(H,24,26)/b22-11-. The number of nitro benzene ring substituents is 1. The summed E-state index contributed by atoms with van der Waals surface area (Å²) in [5.74, 6) is -0.0309. The van der Waals surface area contributed by atoms with Gasteiger partial charge in [0.15, 0.2) is 10.9 Å². The second-order valence-electron chi connectivity index (χ2n) is 6.31. The predicted molar refractivity (Wildman–Crippen MR) is 119 cm³/mol. The van der Waals surface area contributed by atoms with Gasteiger partial charge < -0.3 is 15.2 Å². The molecule has 3 rings (SSSR count). The first kappa shape index (κ1) is 22.0. The molecule has 162 valence electrons. The quantitative estimate of drug-likeness (QED) is 0.293. The number of carbonyl (C=O) groups is 1. The van der Waals surface area contributed by atoms with E-state index >= 15 is 0 Å². The molecule has 0 aliphatic rings. The van der Waals surface area contributed by atoms with Crippen LogP contribution in [0.3, 0.4) is 0 Å². The van der Waals surface area contributed by atoms with Crippen LogP contribution in [-0.2, 0) is 11.2 Å². The maximum absolute atomic E-state index is 12.2. The summed E-state index contributed by atoms with van der Waals surface area (Å²) in [6.07, 6.45) is 1.43. The number of anilines is 1. The van der Waals surface area contributed by atoms with Crippen LogP contribution in [0.4, 0.5) is 10.8 Å². The number of nitrogen functional groups attached to an aromatic ring is 1. The van der Waals surface area contributed by atoms with Crippen molar-refractivity contribution >= 4 is 44.5 Å². The number of rotatable bonds is 9. The molecule has 0 saturated heterocycles. The van der Waals surface area contributed by atoms with Crippen LogP contribution in [-0.4, -0.2) is 35.2 Å². The number of benzene rings is 2. The molecule has 2 aromatic carbocycles. The molecule has 0 spiro atoms. The van der Waals surface area contributed by atoms with Gasteiger partial charge in [-0.05, 0) is 37.6 Å². The number of carbonyl (C=O) groups excluding carboxylic acids is 1. The Morgan fingerprint density at radius 2 is 2.06 bits per heavy atom. The topological polar surface area (TPSA) is 142 Å². The molecule has 0 aliphatic carbocycles. The van der Waals surface area contributed by atoms with Crippen LogP contribution in [0.25, 0.3) is 10.2 Å². The van der Waals surface area contributed by atoms with Crippen molar-refractivity contribution in [1.82, 2.24) is 10.4 Å². The summed E-state index contributed by atoms with van der Waals surface area (Å²) in [4.78, 5) is 27.3. The van der Waals surface area contributed by atoms with E-state index in [1.807, 2.05) is 12.1 Å². The summed E-state index contributed by atoms with van der Waals surface area (Å²) in [6, 6.07) is 8.35. The van der Waals surface area contributed by atoms with Crippen molar-refractivity contribution in [1.29, 1.82) is 0 Å². The molecule has 1 heterocycles. The van der Waals surface area contributed by atoms with Crippen molar-refractivity contribution in [3.05, 3.63) is 51.6 Å². The Morgan fingerprint density at radius 3 is 2.77 bits per heavy atom. The number of ether oxygens (including phenoxy) is 2. The molecule has 0 fully saturated rings. The molecule has 0 unspecified atom stereocenters. The first-order valence-corrected chi connectivity index (χ1v) is 10.3. The van der Waals surface area contributed by atoms with Crippen molar-refractivity contribution in [3.63, 3.8) is 0 Å². The molecule has 0 atom stereocenters. The number of nitrogens with zero attached hydrogens (tertiary/aromatic N) is 3.